The van der Waals surface area contributed by atoms with Crippen molar-refractivity contribution in [3.05, 3.63) is 71.5 Å². The standard InChI is InChI=1S/C22H26FN3O2/c1-16(2)13-22(18-9-5-4-6-10-18)20(27)26(21(28)24-22)15-25(3)14-17-8-7-11-19(23)12-17/h4-12,16H,13-15H2,1-3H3,(H,24,28)/t22-/m0/s1. The number of hydrogen-bond acceptors (Lipinski definition) is 3. The van der Waals surface area contributed by atoms with Crippen LogP contribution in [0, 0.1) is 11.7 Å². The molecule has 6 heteroatoms. The lowest BCUT2D eigenvalue weighted by atomic mass is 9.82. The van der Waals surface area contributed by atoms with E-state index in [-0.39, 0.29) is 24.3 Å². The number of nitrogens with one attached hydrogen (secondary N) is 1. The minimum Gasteiger partial charge on any atom is -0.319 e. The molecule has 0 saturated carbocycles. The van der Waals surface area contributed by atoms with Crippen molar-refractivity contribution in [3.63, 3.8) is 0 Å². The van der Waals surface area contributed by atoms with E-state index in [9.17, 15) is 14.0 Å². The van der Waals surface area contributed by atoms with Crippen molar-refractivity contribution in [1.29, 1.82) is 0 Å². The van der Waals surface area contributed by atoms with Gasteiger partial charge in [-0.1, -0.05) is 56.3 Å². The van der Waals surface area contributed by atoms with Gasteiger partial charge in [-0.2, -0.15) is 0 Å². The van der Waals surface area contributed by atoms with E-state index in [4.69, 9.17) is 0 Å². The molecular formula is C22H26FN3O2. The summed E-state index contributed by atoms with van der Waals surface area (Å²) in [5.74, 6) is -0.334. The molecule has 148 valence electrons. The molecule has 2 aromatic carbocycles. The van der Waals surface area contributed by atoms with Crippen LogP contribution in [0.5, 0.6) is 0 Å². The Kier molecular flexibility index (Phi) is 5.79. The molecule has 3 amide bonds. The van der Waals surface area contributed by atoms with Gasteiger partial charge < -0.3 is 5.32 Å². The van der Waals surface area contributed by atoms with Crippen molar-refractivity contribution < 1.29 is 14.0 Å². The Morgan fingerprint density at radius 3 is 2.46 bits per heavy atom. The quantitative estimate of drug-likeness (QED) is 0.742. The third-order valence-electron chi connectivity index (χ3n) is 4.88. The minimum absolute atomic E-state index is 0.133. The zero-order chi connectivity index (χ0) is 20.3. The Hall–Kier alpha value is -2.73. The Bertz CT molecular complexity index is 856. The van der Waals surface area contributed by atoms with Crippen molar-refractivity contribution in [2.45, 2.75) is 32.4 Å². The fraction of sp³-hybridized carbons (Fsp3) is 0.364. The first-order valence-electron chi connectivity index (χ1n) is 9.44. The van der Waals surface area contributed by atoms with Gasteiger partial charge in [-0.3, -0.25) is 9.69 Å². The number of imide groups is 1. The second kappa shape index (κ2) is 8.10. The van der Waals surface area contributed by atoms with Gasteiger partial charge in [0, 0.05) is 6.54 Å². The number of carbonyl (C=O) groups is 2. The first kappa shape index (κ1) is 20.0. The van der Waals surface area contributed by atoms with Crippen molar-refractivity contribution >= 4 is 11.9 Å². The first-order valence-corrected chi connectivity index (χ1v) is 9.44. The molecule has 1 saturated heterocycles. The average molecular weight is 383 g/mol. The fourth-order valence-corrected chi connectivity index (χ4v) is 3.78. The van der Waals surface area contributed by atoms with Crippen LogP contribution in [0.3, 0.4) is 0 Å². The van der Waals surface area contributed by atoms with Crippen LogP contribution >= 0.6 is 0 Å². The van der Waals surface area contributed by atoms with E-state index in [1.54, 1.807) is 13.1 Å². The highest BCUT2D eigenvalue weighted by molar-refractivity contribution is 6.07. The average Bonchev–Trinajstić information content (AvgIpc) is 2.87. The van der Waals surface area contributed by atoms with Crippen LogP contribution in [-0.4, -0.2) is 35.5 Å². The van der Waals surface area contributed by atoms with Gasteiger partial charge in [-0.25, -0.2) is 14.1 Å². The smallest absolute Gasteiger partial charge is 0.319 e. The van der Waals surface area contributed by atoms with Crippen LogP contribution in [0.25, 0.3) is 0 Å². The zero-order valence-corrected chi connectivity index (χ0v) is 16.5. The van der Waals surface area contributed by atoms with Crippen molar-refractivity contribution in [3.8, 4) is 0 Å². The summed E-state index contributed by atoms with van der Waals surface area (Å²) in [6, 6.07) is 15.3. The van der Waals surface area contributed by atoms with Gasteiger partial charge >= 0.3 is 6.03 Å². The normalized spacial score (nSPS) is 19.6. The monoisotopic (exact) mass is 383 g/mol. The van der Waals surface area contributed by atoms with Crippen LogP contribution in [0.15, 0.2) is 54.6 Å². The van der Waals surface area contributed by atoms with Crippen molar-refractivity contribution in [1.82, 2.24) is 15.1 Å². The van der Waals surface area contributed by atoms with Crippen LogP contribution in [0.2, 0.25) is 0 Å². The third kappa shape index (κ3) is 4.07. The van der Waals surface area contributed by atoms with E-state index in [0.29, 0.717) is 13.0 Å². The summed E-state index contributed by atoms with van der Waals surface area (Å²) in [5.41, 5.74) is 0.523. The van der Waals surface area contributed by atoms with Gasteiger partial charge in [0.1, 0.15) is 11.4 Å². The number of carbonyl (C=O) groups excluding carboxylic acids is 2. The van der Waals surface area contributed by atoms with Gasteiger partial charge in [0.15, 0.2) is 0 Å². The molecule has 1 N–H and O–H groups in total. The predicted octanol–water partition coefficient (Wildman–Crippen LogP) is 3.71. The molecule has 1 fully saturated rings. The molecule has 3 rings (SSSR count). The number of rotatable bonds is 7. The lowest BCUT2D eigenvalue weighted by molar-refractivity contribution is -0.133. The molecule has 2 aromatic rings. The maximum absolute atomic E-state index is 13.4. The largest absolute Gasteiger partial charge is 0.326 e. The van der Waals surface area contributed by atoms with E-state index < -0.39 is 11.6 Å². The summed E-state index contributed by atoms with van der Waals surface area (Å²) in [6.07, 6.45) is 0.520. The minimum atomic E-state index is -1.05. The number of hydrogen-bond donors (Lipinski definition) is 1. The molecule has 1 heterocycles. The van der Waals surface area contributed by atoms with Crippen molar-refractivity contribution in [2.75, 3.05) is 13.7 Å². The van der Waals surface area contributed by atoms with Gasteiger partial charge in [0.25, 0.3) is 5.91 Å². The second-order valence-corrected chi connectivity index (χ2v) is 7.82. The molecule has 0 spiro atoms. The van der Waals surface area contributed by atoms with Gasteiger partial charge in [-0.15, -0.1) is 0 Å². The summed E-state index contributed by atoms with van der Waals surface area (Å²) in [4.78, 5) is 29.1. The lowest BCUT2D eigenvalue weighted by Gasteiger charge is -2.29. The molecule has 28 heavy (non-hydrogen) atoms. The molecule has 0 aromatic heterocycles. The Morgan fingerprint density at radius 1 is 1.11 bits per heavy atom. The molecule has 1 aliphatic heterocycles. The SMILES string of the molecule is CC(C)C[C@@]1(c2ccccc2)NC(=O)N(CN(C)Cc2cccc(F)c2)C1=O. The summed E-state index contributed by atoms with van der Waals surface area (Å²) < 4.78 is 13.4. The molecule has 0 unspecified atom stereocenters. The zero-order valence-electron chi connectivity index (χ0n) is 16.5. The van der Waals surface area contributed by atoms with E-state index in [0.717, 1.165) is 11.1 Å². The van der Waals surface area contributed by atoms with Crippen LogP contribution in [0.1, 0.15) is 31.4 Å². The molecular weight excluding hydrogens is 357 g/mol. The Balaban J connectivity index is 1.81. The van der Waals surface area contributed by atoms with Gasteiger partial charge in [-0.05, 0) is 42.6 Å². The van der Waals surface area contributed by atoms with Crippen LogP contribution in [0.4, 0.5) is 9.18 Å². The molecule has 0 radical (unpaired) electrons. The fourth-order valence-electron chi connectivity index (χ4n) is 3.78. The maximum Gasteiger partial charge on any atom is 0.326 e. The molecule has 0 bridgehead atoms. The second-order valence-electron chi connectivity index (χ2n) is 7.82. The summed E-state index contributed by atoms with van der Waals surface area (Å²) >= 11 is 0. The molecule has 5 nitrogen and oxygen atoms in total. The van der Waals surface area contributed by atoms with E-state index in [2.05, 4.69) is 5.32 Å². The Labute approximate surface area is 165 Å². The molecule has 1 atom stereocenters. The number of amides is 3. The highest BCUT2D eigenvalue weighted by atomic mass is 19.1. The first-order chi connectivity index (χ1) is 13.3. The number of urea groups is 1. The lowest BCUT2D eigenvalue weighted by Crippen LogP contribution is -2.46. The van der Waals surface area contributed by atoms with Gasteiger partial charge in [0.2, 0.25) is 0 Å². The Morgan fingerprint density at radius 2 is 1.82 bits per heavy atom. The highest BCUT2D eigenvalue weighted by Gasteiger charge is 2.52. The van der Waals surface area contributed by atoms with E-state index in [1.165, 1.54) is 17.0 Å². The maximum atomic E-state index is 13.4. The van der Waals surface area contributed by atoms with Gasteiger partial charge in [0.05, 0.1) is 6.67 Å². The summed E-state index contributed by atoms with van der Waals surface area (Å²) in [7, 11) is 1.80. The number of benzene rings is 2. The van der Waals surface area contributed by atoms with Crippen LogP contribution in [-0.2, 0) is 16.9 Å². The highest BCUT2D eigenvalue weighted by Crippen LogP contribution is 2.35. The molecule has 0 aliphatic carbocycles. The predicted molar refractivity (Wildman–Crippen MR) is 106 cm³/mol. The van der Waals surface area contributed by atoms with Crippen LogP contribution < -0.4 is 5.32 Å². The van der Waals surface area contributed by atoms with Crippen molar-refractivity contribution in [2.24, 2.45) is 5.92 Å². The van der Waals surface area contributed by atoms with E-state index >= 15 is 0 Å². The number of halogens is 1. The third-order valence-corrected chi connectivity index (χ3v) is 4.88. The summed E-state index contributed by atoms with van der Waals surface area (Å²) in [6.45, 7) is 4.62. The summed E-state index contributed by atoms with van der Waals surface area (Å²) in [5, 5.41) is 2.94. The number of nitrogens with zero attached hydrogens (tertiary/aromatic N) is 2. The molecule has 1 aliphatic rings. The topological polar surface area (TPSA) is 52.7 Å². The van der Waals surface area contributed by atoms with E-state index in [1.807, 2.05) is 55.1 Å².